The van der Waals surface area contributed by atoms with E-state index in [1.807, 2.05) is 18.2 Å². The van der Waals surface area contributed by atoms with E-state index in [0.29, 0.717) is 12.1 Å². The summed E-state index contributed by atoms with van der Waals surface area (Å²) in [6.45, 7) is 11.5. The van der Waals surface area contributed by atoms with Gasteiger partial charge in [-0.05, 0) is 56.5 Å². The molecule has 0 aliphatic carbocycles. The van der Waals surface area contributed by atoms with E-state index in [9.17, 15) is 9.90 Å². The van der Waals surface area contributed by atoms with Crippen molar-refractivity contribution in [3.63, 3.8) is 0 Å². The number of benzene rings is 2. The van der Waals surface area contributed by atoms with Crippen molar-refractivity contribution >= 4 is 11.6 Å². The molecule has 1 saturated heterocycles. The lowest BCUT2D eigenvalue weighted by Gasteiger charge is -2.37. The predicted molar refractivity (Wildman–Crippen MR) is 118 cm³/mol. The summed E-state index contributed by atoms with van der Waals surface area (Å²) in [7, 11) is 0. The second kappa shape index (κ2) is 9.42. The Hall–Kier alpha value is -2.37. The Morgan fingerprint density at radius 3 is 2.45 bits per heavy atom. The zero-order valence-electron chi connectivity index (χ0n) is 17.8. The molecule has 29 heavy (non-hydrogen) atoms. The summed E-state index contributed by atoms with van der Waals surface area (Å²) < 4.78 is 0. The van der Waals surface area contributed by atoms with E-state index in [-0.39, 0.29) is 5.91 Å². The fraction of sp³-hybridized carbons (Fsp3) is 0.458. The quantitative estimate of drug-likeness (QED) is 0.708. The smallest absolute Gasteiger partial charge is 0.256 e. The third kappa shape index (κ3) is 5.37. The monoisotopic (exact) mass is 395 g/mol. The molecular formula is C24H33N3O2. The van der Waals surface area contributed by atoms with Gasteiger partial charge in [-0.25, -0.2) is 0 Å². The molecular weight excluding hydrogens is 362 g/mol. The predicted octanol–water partition coefficient (Wildman–Crippen LogP) is 2.84. The number of nitrogens with zero attached hydrogens (tertiary/aromatic N) is 2. The summed E-state index contributed by atoms with van der Waals surface area (Å²) in [6.07, 6.45) is 0.875. The Labute approximate surface area is 174 Å². The molecule has 1 amide bonds. The number of aliphatic hydroxyl groups is 1. The molecule has 3 rings (SSSR count). The highest BCUT2D eigenvalue weighted by atomic mass is 16.3. The SMILES string of the molecule is Cc1ccc(C)c(N2CCN(CCCNC(=O)C(C)(O)c3ccccc3)CC2)c1. The normalized spacial score (nSPS) is 17.0. The minimum absolute atomic E-state index is 0.344. The van der Waals surface area contributed by atoms with Crippen LogP contribution in [0.25, 0.3) is 0 Å². The number of amides is 1. The molecule has 1 heterocycles. The van der Waals surface area contributed by atoms with Crippen LogP contribution in [0.15, 0.2) is 48.5 Å². The summed E-state index contributed by atoms with van der Waals surface area (Å²) in [5.41, 5.74) is 3.09. The highest BCUT2D eigenvalue weighted by molar-refractivity contribution is 5.85. The number of piperazine rings is 1. The summed E-state index contributed by atoms with van der Waals surface area (Å²) >= 11 is 0. The molecule has 0 radical (unpaired) electrons. The van der Waals surface area contributed by atoms with Crippen molar-refractivity contribution in [2.45, 2.75) is 32.8 Å². The van der Waals surface area contributed by atoms with Gasteiger partial charge in [-0.15, -0.1) is 0 Å². The minimum atomic E-state index is -1.50. The van der Waals surface area contributed by atoms with Gasteiger partial charge in [0.15, 0.2) is 5.60 Å². The summed E-state index contributed by atoms with van der Waals surface area (Å²) in [6, 6.07) is 15.7. The Morgan fingerprint density at radius 2 is 1.76 bits per heavy atom. The van der Waals surface area contributed by atoms with Crippen molar-refractivity contribution in [3.05, 3.63) is 65.2 Å². The first-order chi connectivity index (χ1) is 13.9. The number of carbonyl (C=O) groups is 1. The third-order valence-electron chi connectivity index (χ3n) is 5.79. The van der Waals surface area contributed by atoms with Gasteiger partial charge in [0.05, 0.1) is 0 Å². The van der Waals surface area contributed by atoms with E-state index >= 15 is 0 Å². The van der Waals surface area contributed by atoms with Crippen LogP contribution in [0.2, 0.25) is 0 Å². The summed E-state index contributed by atoms with van der Waals surface area (Å²) in [5.74, 6) is -0.344. The number of carbonyl (C=O) groups excluding carboxylic acids is 1. The zero-order valence-corrected chi connectivity index (χ0v) is 17.8. The molecule has 5 nitrogen and oxygen atoms in total. The maximum atomic E-state index is 12.4. The van der Waals surface area contributed by atoms with Crippen LogP contribution >= 0.6 is 0 Å². The third-order valence-corrected chi connectivity index (χ3v) is 5.79. The molecule has 0 bridgehead atoms. The Kier molecular flexibility index (Phi) is 6.93. The van der Waals surface area contributed by atoms with Crippen molar-refractivity contribution < 1.29 is 9.90 Å². The summed E-state index contributed by atoms with van der Waals surface area (Å²) in [5, 5.41) is 13.4. The van der Waals surface area contributed by atoms with Crippen LogP contribution in [0, 0.1) is 13.8 Å². The highest BCUT2D eigenvalue weighted by Gasteiger charge is 2.31. The standard InChI is InChI=1S/C24H33N3O2/c1-19-10-11-20(2)22(18-19)27-16-14-26(15-17-27)13-7-12-25-23(28)24(3,29)21-8-5-4-6-9-21/h4-6,8-11,18,29H,7,12-17H2,1-3H3,(H,25,28). The van der Waals surface area contributed by atoms with Crippen molar-refractivity contribution in [2.75, 3.05) is 44.2 Å². The van der Waals surface area contributed by atoms with E-state index < -0.39 is 5.60 Å². The molecule has 0 aromatic heterocycles. The lowest BCUT2D eigenvalue weighted by molar-refractivity contribution is -0.139. The molecule has 156 valence electrons. The van der Waals surface area contributed by atoms with Crippen molar-refractivity contribution in [1.29, 1.82) is 0 Å². The van der Waals surface area contributed by atoms with Gasteiger partial charge in [-0.1, -0.05) is 42.5 Å². The number of rotatable bonds is 7. The molecule has 1 aliphatic rings. The van der Waals surface area contributed by atoms with Gasteiger partial charge in [0.1, 0.15) is 0 Å². The Balaban J connectivity index is 1.40. The molecule has 1 unspecified atom stereocenters. The molecule has 2 aromatic rings. The average Bonchev–Trinajstić information content (AvgIpc) is 2.74. The van der Waals surface area contributed by atoms with Crippen LogP contribution in [0.1, 0.15) is 30.0 Å². The zero-order chi connectivity index (χ0) is 20.9. The lowest BCUT2D eigenvalue weighted by Crippen LogP contribution is -2.47. The van der Waals surface area contributed by atoms with Crippen LogP contribution in [0.3, 0.4) is 0 Å². The van der Waals surface area contributed by atoms with Crippen molar-refractivity contribution in [2.24, 2.45) is 0 Å². The molecule has 2 N–H and O–H groups in total. The second-order valence-electron chi connectivity index (χ2n) is 8.17. The van der Waals surface area contributed by atoms with Crippen molar-refractivity contribution in [1.82, 2.24) is 10.2 Å². The maximum absolute atomic E-state index is 12.4. The molecule has 1 atom stereocenters. The molecule has 0 saturated carbocycles. The van der Waals surface area contributed by atoms with E-state index in [1.165, 1.54) is 16.8 Å². The Bertz CT molecular complexity index is 812. The average molecular weight is 396 g/mol. The van der Waals surface area contributed by atoms with Crippen LogP contribution in [0.4, 0.5) is 5.69 Å². The molecule has 1 aliphatic heterocycles. The van der Waals surface area contributed by atoms with Crippen molar-refractivity contribution in [3.8, 4) is 0 Å². The van der Waals surface area contributed by atoms with Gasteiger partial charge in [-0.3, -0.25) is 9.69 Å². The van der Waals surface area contributed by atoms with Gasteiger partial charge in [0, 0.05) is 38.4 Å². The fourth-order valence-electron chi connectivity index (χ4n) is 3.84. The first-order valence-corrected chi connectivity index (χ1v) is 10.5. The van der Waals surface area contributed by atoms with Gasteiger partial charge in [-0.2, -0.15) is 0 Å². The number of hydrogen-bond donors (Lipinski definition) is 2. The minimum Gasteiger partial charge on any atom is -0.376 e. The van der Waals surface area contributed by atoms with Gasteiger partial charge < -0.3 is 15.3 Å². The lowest BCUT2D eigenvalue weighted by atomic mass is 9.95. The van der Waals surface area contributed by atoms with E-state index in [0.717, 1.165) is 39.1 Å². The van der Waals surface area contributed by atoms with Crippen LogP contribution < -0.4 is 10.2 Å². The summed E-state index contributed by atoms with van der Waals surface area (Å²) in [4.78, 5) is 17.3. The van der Waals surface area contributed by atoms with Gasteiger partial charge >= 0.3 is 0 Å². The molecule has 0 spiro atoms. The van der Waals surface area contributed by atoms with E-state index in [2.05, 4.69) is 47.2 Å². The molecule has 1 fully saturated rings. The second-order valence-corrected chi connectivity index (χ2v) is 8.17. The van der Waals surface area contributed by atoms with Gasteiger partial charge in [0.25, 0.3) is 5.91 Å². The van der Waals surface area contributed by atoms with Crippen LogP contribution in [0.5, 0.6) is 0 Å². The number of anilines is 1. The van der Waals surface area contributed by atoms with E-state index in [4.69, 9.17) is 0 Å². The Morgan fingerprint density at radius 1 is 1.07 bits per heavy atom. The molecule has 2 aromatic carbocycles. The first-order valence-electron chi connectivity index (χ1n) is 10.5. The first kappa shape index (κ1) is 21.3. The largest absolute Gasteiger partial charge is 0.376 e. The van der Waals surface area contributed by atoms with Crippen LogP contribution in [-0.4, -0.2) is 55.2 Å². The number of nitrogens with one attached hydrogen (secondary N) is 1. The fourth-order valence-corrected chi connectivity index (χ4v) is 3.84. The number of hydrogen-bond acceptors (Lipinski definition) is 4. The topological polar surface area (TPSA) is 55.8 Å². The van der Waals surface area contributed by atoms with Crippen LogP contribution in [-0.2, 0) is 10.4 Å². The number of aryl methyl sites for hydroxylation is 2. The highest BCUT2D eigenvalue weighted by Crippen LogP contribution is 2.23. The van der Waals surface area contributed by atoms with Gasteiger partial charge in [0.2, 0.25) is 0 Å². The molecule has 5 heteroatoms. The van der Waals surface area contributed by atoms with E-state index in [1.54, 1.807) is 19.1 Å². The maximum Gasteiger partial charge on any atom is 0.256 e.